The zero-order chi connectivity index (χ0) is 20.8. The minimum atomic E-state index is -4.76. The lowest BCUT2D eigenvalue weighted by Crippen LogP contribution is -2.29. The Balaban J connectivity index is 1.54. The van der Waals surface area contributed by atoms with Crippen molar-refractivity contribution >= 4 is 0 Å². The van der Waals surface area contributed by atoms with Gasteiger partial charge >= 0.3 is 6.18 Å². The summed E-state index contributed by atoms with van der Waals surface area (Å²) < 4.78 is 66.9. The van der Waals surface area contributed by atoms with Crippen molar-refractivity contribution in [3.05, 3.63) is 59.2 Å². The van der Waals surface area contributed by atoms with Crippen molar-refractivity contribution in [2.45, 2.75) is 57.5 Å². The fourth-order valence-electron chi connectivity index (χ4n) is 5.36. The topological polar surface area (TPSA) is 0 Å². The predicted octanol–water partition coefficient (Wildman–Crippen LogP) is 7.97. The van der Waals surface area contributed by atoms with Crippen molar-refractivity contribution in [2.75, 3.05) is 0 Å². The second kappa shape index (κ2) is 7.73. The Morgan fingerprint density at radius 3 is 2.21 bits per heavy atom. The zero-order valence-electron chi connectivity index (χ0n) is 16.4. The molecule has 0 saturated heterocycles. The van der Waals surface area contributed by atoms with E-state index < -0.39 is 23.4 Å². The first-order chi connectivity index (χ1) is 13.7. The summed E-state index contributed by atoms with van der Waals surface area (Å²) in [7, 11) is 0. The molecular weight excluding hydrogens is 383 g/mol. The van der Waals surface area contributed by atoms with Gasteiger partial charge in [0.2, 0.25) is 0 Å². The highest BCUT2D eigenvalue weighted by Crippen LogP contribution is 2.47. The van der Waals surface area contributed by atoms with Crippen LogP contribution in [0.2, 0.25) is 0 Å². The third kappa shape index (κ3) is 4.19. The van der Waals surface area contributed by atoms with Crippen LogP contribution in [0.4, 0.5) is 22.0 Å². The molecule has 156 valence electrons. The van der Waals surface area contributed by atoms with E-state index in [1.54, 1.807) is 6.07 Å². The van der Waals surface area contributed by atoms with Gasteiger partial charge in [0.15, 0.2) is 0 Å². The predicted molar refractivity (Wildman–Crippen MR) is 103 cm³/mol. The van der Waals surface area contributed by atoms with Gasteiger partial charge in [-0.15, -0.1) is 0 Å². The highest BCUT2D eigenvalue weighted by molar-refractivity contribution is 5.65. The van der Waals surface area contributed by atoms with Crippen LogP contribution < -0.4 is 0 Å². The molecule has 29 heavy (non-hydrogen) atoms. The Hall–Kier alpha value is -1.91. The molecule has 0 radical (unpaired) electrons. The normalized spacial score (nSPS) is 27.5. The number of fused-ring (bicyclic) bond motifs is 1. The van der Waals surface area contributed by atoms with E-state index in [1.165, 1.54) is 31.7 Å². The Kier molecular flexibility index (Phi) is 5.43. The molecule has 2 aromatic carbocycles. The minimum absolute atomic E-state index is 0.115. The summed E-state index contributed by atoms with van der Waals surface area (Å²) in [5.74, 6) is 0.710. The number of alkyl halides is 3. The van der Waals surface area contributed by atoms with Gasteiger partial charge in [0.05, 0.1) is 5.56 Å². The van der Waals surface area contributed by atoms with Gasteiger partial charge in [-0.25, -0.2) is 8.78 Å². The van der Waals surface area contributed by atoms with Crippen LogP contribution >= 0.6 is 0 Å². The SMILES string of the molecule is CC1CC[C@@H]2C[C@H](c3ccc(-c4ccc(C(F)(F)F)c(F)c4)c(F)c3)CC[C@@H]2C1. The number of benzene rings is 2. The van der Waals surface area contributed by atoms with Gasteiger partial charge in [0, 0.05) is 5.56 Å². The van der Waals surface area contributed by atoms with Crippen LogP contribution in [0.1, 0.15) is 62.5 Å². The van der Waals surface area contributed by atoms with Gasteiger partial charge in [0.1, 0.15) is 11.6 Å². The van der Waals surface area contributed by atoms with E-state index in [0.717, 1.165) is 42.4 Å². The van der Waals surface area contributed by atoms with E-state index in [9.17, 15) is 22.0 Å². The molecule has 0 nitrogen and oxygen atoms in total. The molecule has 0 spiro atoms. The molecule has 0 amide bonds. The fraction of sp³-hybridized carbons (Fsp3) is 0.500. The van der Waals surface area contributed by atoms with E-state index in [2.05, 4.69) is 6.92 Å². The highest BCUT2D eigenvalue weighted by atomic mass is 19.4. The summed E-state index contributed by atoms with van der Waals surface area (Å²) in [5, 5.41) is 0. The molecule has 0 heterocycles. The van der Waals surface area contributed by atoms with E-state index in [1.807, 2.05) is 6.07 Å². The molecule has 4 atom stereocenters. The Morgan fingerprint density at radius 2 is 1.52 bits per heavy atom. The smallest absolute Gasteiger partial charge is 0.206 e. The number of halogens is 5. The Labute approximate surface area is 168 Å². The summed E-state index contributed by atoms with van der Waals surface area (Å²) in [4.78, 5) is 0. The van der Waals surface area contributed by atoms with Crippen molar-refractivity contribution in [2.24, 2.45) is 17.8 Å². The first kappa shape index (κ1) is 20.4. The van der Waals surface area contributed by atoms with Gasteiger partial charge in [0.25, 0.3) is 0 Å². The van der Waals surface area contributed by atoms with Crippen molar-refractivity contribution in [3.8, 4) is 11.1 Å². The van der Waals surface area contributed by atoms with Gasteiger partial charge in [-0.3, -0.25) is 0 Å². The molecular formula is C24H25F5. The number of hydrogen-bond acceptors (Lipinski definition) is 0. The van der Waals surface area contributed by atoms with E-state index in [-0.39, 0.29) is 11.1 Å². The summed E-state index contributed by atoms with van der Waals surface area (Å²) in [6, 6.07) is 7.46. The molecule has 0 N–H and O–H groups in total. The summed E-state index contributed by atoms with van der Waals surface area (Å²) in [5.41, 5.74) is -0.154. The largest absolute Gasteiger partial charge is 0.419 e. The molecule has 2 fully saturated rings. The Morgan fingerprint density at radius 1 is 0.793 bits per heavy atom. The summed E-state index contributed by atoms with van der Waals surface area (Å²) in [6.07, 6.45) is 2.33. The summed E-state index contributed by atoms with van der Waals surface area (Å²) in [6.45, 7) is 2.32. The van der Waals surface area contributed by atoms with E-state index in [4.69, 9.17) is 0 Å². The molecule has 0 aromatic heterocycles. The average Bonchev–Trinajstić information content (AvgIpc) is 2.66. The van der Waals surface area contributed by atoms with Crippen molar-refractivity contribution < 1.29 is 22.0 Å². The lowest BCUT2D eigenvalue weighted by Gasteiger charge is -2.41. The van der Waals surface area contributed by atoms with Gasteiger partial charge in [-0.2, -0.15) is 13.2 Å². The lowest BCUT2D eigenvalue weighted by atomic mass is 9.64. The Bertz CT molecular complexity index is 885. The fourth-order valence-corrected chi connectivity index (χ4v) is 5.36. The first-order valence-electron chi connectivity index (χ1n) is 10.4. The van der Waals surface area contributed by atoms with Gasteiger partial charge in [-0.05, 0) is 85.1 Å². The zero-order valence-corrected chi connectivity index (χ0v) is 16.4. The van der Waals surface area contributed by atoms with Crippen LogP contribution in [-0.2, 0) is 6.18 Å². The van der Waals surface area contributed by atoms with Crippen molar-refractivity contribution in [3.63, 3.8) is 0 Å². The van der Waals surface area contributed by atoms with Crippen molar-refractivity contribution in [1.82, 2.24) is 0 Å². The van der Waals surface area contributed by atoms with Crippen LogP contribution in [0.15, 0.2) is 36.4 Å². The molecule has 5 heteroatoms. The maximum Gasteiger partial charge on any atom is 0.419 e. The third-order valence-corrected chi connectivity index (χ3v) is 6.93. The second-order valence-electron chi connectivity index (χ2n) is 8.88. The highest BCUT2D eigenvalue weighted by Gasteiger charge is 2.35. The second-order valence-corrected chi connectivity index (χ2v) is 8.88. The third-order valence-electron chi connectivity index (χ3n) is 6.93. The van der Waals surface area contributed by atoms with E-state index >= 15 is 0 Å². The van der Waals surface area contributed by atoms with Gasteiger partial charge in [-0.1, -0.05) is 31.5 Å². The standard InChI is InChI=1S/C24H25F5/c1-14-2-3-16-11-17(5-4-15(16)10-14)18-6-8-20(22(25)12-18)19-7-9-21(23(26)13-19)24(27,28)29/h6-9,12-17H,2-5,10-11H2,1H3/t14?,15-,16-,17-/m1/s1. The van der Waals surface area contributed by atoms with Crippen LogP contribution in [-0.4, -0.2) is 0 Å². The number of rotatable bonds is 2. The lowest BCUT2D eigenvalue weighted by molar-refractivity contribution is -0.139. The molecule has 2 aliphatic rings. The summed E-state index contributed by atoms with van der Waals surface area (Å²) >= 11 is 0. The first-order valence-corrected chi connectivity index (χ1v) is 10.4. The van der Waals surface area contributed by atoms with Crippen LogP contribution in [0.3, 0.4) is 0 Å². The van der Waals surface area contributed by atoms with Gasteiger partial charge < -0.3 is 0 Å². The monoisotopic (exact) mass is 408 g/mol. The number of hydrogen-bond donors (Lipinski definition) is 0. The quantitative estimate of drug-likeness (QED) is 0.442. The van der Waals surface area contributed by atoms with Crippen LogP contribution in [0.25, 0.3) is 11.1 Å². The molecule has 2 saturated carbocycles. The molecule has 1 unspecified atom stereocenters. The van der Waals surface area contributed by atoms with Crippen LogP contribution in [0.5, 0.6) is 0 Å². The molecule has 4 rings (SSSR count). The molecule has 0 aliphatic heterocycles. The van der Waals surface area contributed by atoms with Crippen molar-refractivity contribution in [1.29, 1.82) is 0 Å². The molecule has 2 aliphatic carbocycles. The maximum atomic E-state index is 14.8. The minimum Gasteiger partial charge on any atom is -0.206 e. The van der Waals surface area contributed by atoms with E-state index in [0.29, 0.717) is 17.9 Å². The average molecular weight is 408 g/mol. The van der Waals surface area contributed by atoms with Crippen LogP contribution in [0, 0.1) is 29.4 Å². The maximum absolute atomic E-state index is 14.8. The molecule has 2 aromatic rings. The molecule has 0 bridgehead atoms.